The summed E-state index contributed by atoms with van der Waals surface area (Å²) < 4.78 is 5.63. The normalized spacial score (nSPS) is 16.7. The van der Waals surface area contributed by atoms with Gasteiger partial charge in [0, 0.05) is 34.6 Å². The molecule has 11 heteroatoms. The molecule has 0 saturated carbocycles. The number of aryl methyl sites for hydroxylation is 1. The summed E-state index contributed by atoms with van der Waals surface area (Å²) in [4.78, 5) is 26.8. The molecule has 33 heavy (non-hydrogen) atoms. The summed E-state index contributed by atoms with van der Waals surface area (Å²) in [6.45, 7) is 3.98. The fourth-order valence-corrected chi connectivity index (χ4v) is 4.81. The maximum atomic E-state index is 12.6. The fraction of sp³-hybridized carbons (Fsp3) is 0.273. The van der Waals surface area contributed by atoms with Crippen molar-refractivity contribution in [1.29, 1.82) is 0 Å². The first kappa shape index (κ1) is 23.8. The minimum atomic E-state index is -0.828. The van der Waals surface area contributed by atoms with Crippen LogP contribution in [0.3, 0.4) is 0 Å². The molecule has 0 spiro atoms. The third-order valence-corrected chi connectivity index (χ3v) is 7.12. The number of carbonyl (C=O) groups excluding carboxylic acids is 2. The highest BCUT2D eigenvalue weighted by atomic mass is 35.5. The Hall–Kier alpha value is -2.39. The van der Waals surface area contributed by atoms with Crippen molar-refractivity contribution in [2.75, 3.05) is 16.8 Å². The van der Waals surface area contributed by atoms with Crippen molar-refractivity contribution >= 4 is 68.8 Å². The van der Waals surface area contributed by atoms with Crippen LogP contribution in [-0.2, 0) is 9.59 Å². The Kier molecular flexibility index (Phi) is 7.09. The molecule has 2 aromatic carbocycles. The third-order valence-electron chi connectivity index (χ3n) is 5.18. The molecule has 0 bridgehead atoms. The van der Waals surface area contributed by atoms with Crippen LogP contribution in [-0.4, -0.2) is 34.7 Å². The number of hydrogen-bond acceptors (Lipinski definition) is 6. The molecule has 1 fully saturated rings. The molecule has 1 aromatic heterocycles. The lowest BCUT2D eigenvalue weighted by Crippen LogP contribution is -2.30. The van der Waals surface area contributed by atoms with Crippen LogP contribution in [0.15, 0.2) is 36.4 Å². The zero-order valence-corrected chi connectivity index (χ0v) is 20.7. The summed E-state index contributed by atoms with van der Waals surface area (Å²) in [5, 5.41) is 13.3. The summed E-state index contributed by atoms with van der Waals surface area (Å²) >= 11 is 19.4. The molecule has 2 atom stereocenters. The van der Waals surface area contributed by atoms with Crippen molar-refractivity contribution in [2.45, 2.75) is 32.3 Å². The maximum absolute atomic E-state index is 12.6. The molecule has 1 aliphatic heterocycles. The van der Waals surface area contributed by atoms with Crippen molar-refractivity contribution < 1.29 is 14.3 Å². The van der Waals surface area contributed by atoms with E-state index in [1.165, 1.54) is 17.4 Å². The highest BCUT2D eigenvalue weighted by Crippen LogP contribution is 2.35. The highest BCUT2D eigenvalue weighted by Gasteiger charge is 2.34. The fourth-order valence-electron chi connectivity index (χ4n) is 3.34. The van der Waals surface area contributed by atoms with Gasteiger partial charge >= 0.3 is 0 Å². The summed E-state index contributed by atoms with van der Waals surface area (Å²) in [6, 6.07) is 10.3. The van der Waals surface area contributed by atoms with Gasteiger partial charge in [0.05, 0.1) is 5.02 Å². The van der Waals surface area contributed by atoms with E-state index in [0.29, 0.717) is 43.9 Å². The van der Waals surface area contributed by atoms with Crippen LogP contribution in [0.25, 0.3) is 0 Å². The smallest absolute Gasteiger partial charge is 0.266 e. The summed E-state index contributed by atoms with van der Waals surface area (Å²) in [6.07, 6.45) is -0.520. The van der Waals surface area contributed by atoms with E-state index >= 15 is 0 Å². The number of amides is 2. The molecule has 3 aromatic rings. The lowest BCUT2D eigenvalue weighted by atomic mass is 10.1. The van der Waals surface area contributed by atoms with Crippen LogP contribution in [0.4, 0.5) is 10.8 Å². The van der Waals surface area contributed by atoms with Crippen molar-refractivity contribution in [3.63, 3.8) is 0 Å². The number of aromatic nitrogens is 2. The number of anilines is 2. The second-order valence-corrected chi connectivity index (χ2v) is 9.87. The summed E-state index contributed by atoms with van der Waals surface area (Å²) in [5.74, 6) is -0.186. The van der Waals surface area contributed by atoms with E-state index in [-0.39, 0.29) is 11.8 Å². The first-order chi connectivity index (χ1) is 15.7. The van der Waals surface area contributed by atoms with Gasteiger partial charge in [0.1, 0.15) is 10.8 Å². The predicted octanol–water partition coefficient (Wildman–Crippen LogP) is 5.73. The van der Waals surface area contributed by atoms with Gasteiger partial charge in [-0.1, -0.05) is 52.2 Å². The average Bonchev–Trinajstić information content (AvgIpc) is 3.38. The van der Waals surface area contributed by atoms with Crippen molar-refractivity contribution in [3.8, 4) is 5.75 Å². The first-order valence-corrected chi connectivity index (χ1v) is 12.0. The highest BCUT2D eigenvalue weighted by molar-refractivity contribution is 7.15. The quantitative estimate of drug-likeness (QED) is 0.444. The molecule has 7 nitrogen and oxygen atoms in total. The maximum Gasteiger partial charge on any atom is 0.266 e. The predicted molar refractivity (Wildman–Crippen MR) is 131 cm³/mol. The third kappa shape index (κ3) is 5.41. The molecule has 1 saturated heterocycles. The Bertz CT molecular complexity index is 1220. The number of nitrogens with zero attached hydrogens (tertiary/aromatic N) is 3. The van der Waals surface area contributed by atoms with Gasteiger partial charge in [0.2, 0.25) is 11.0 Å². The van der Waals surface area contributed by atoms with E-state index in [1.54, 1.807) is 30.0 Å². The van der Waals surface area contributed by atoms with Crippen LogP contribution < -0.4 is 15.0 Å². The summed E-state index contributed by atoms with van der Waals surface area (Å²) in [7, 11) is 0. The second kappa shape index (κ2) is 9.85. The number of halogens is 3. The molecule has 172 valence electrons. The lowest BCUT2D eigenvalue weighted by Gasteiger charge is -2.17. The van der Waals surface area contributed by atoms with Gasteiger partial charge in [-0.15, -0.1) is 10.2 Å². The van der Waals surface area contributed by atoms with Crippen molar-refractivity contribution in [2.24, 2.45) is 0 Å². The largest absolute Gasteiger partial charge is 0.479 e. The molecule has 4 rings (SSSR count). The number of carbonyl (C=O) groups is 2. The molecule has 2 unspecified atom stereocenters. The average molecular weight is 526 g/mol. The number of nitrogens with one attached hydrogen (secondary N) is 1. The van der Waals surface area contributed by atoms with Gasteiger partial charge in [-0.05, 0) is 49.7 Å². The molecule has 1 aliphatic rings. The van der Waals surface area contributed by atoms with Gasteiger partial charge in [0.25, 0.3) is 5.91 Å². The minimum Gasteiger partial charge on any atom is -0.479 e. The zero-order valence-electron chi connectivity index (χ0n) is 17.6. The Balaban J connectivity index is 1.39. The number of ether oxygens (including phenoxy) is 1. The van der Waals surface area contributed by atoms with Crippen LogP contribution in [0, 0.1) is 6.92 Å². The Labute approximate surface area is 209 Å². The van der Waals surface area contributed by atoms with E-state index in [1.807, 2.05) is 19.1 Å². The van der Waals surface area contributed by atoms with Gasteiger partial charge < -0.3 is 9.64 Å². The van der Waals surface area contributed by atoms with Crippen LogP contribution >= 0.6 is 46.1 Å². The molecule has 2 heterocycles. The minimum absolute atomic E-state index is 0.0115. The van der Waals surface area contributed by atoms with Gasteiger partial charge in [-0.3, -0.25) is 14.9 Å². The standard InChI is InChI=1S/C22H19Cl3N4O3S/c1-11-3-5-15(9-16(11)24)29-10-13(7-19(29)30)21-27-28-22(33-21)26-20(31)12(2)32-18-6-4-14(23)8-17(18)25/h3-6,8-9,12-13H,7,10H2,1-2H3,(H,26,28,31). The topological polar surface area (TPSA) is 84.4 Å². The number of benzene rings is 2. The Morgan fingerprint density at radius 1 is 1.18 bits per heavy atom. The molecular formula is C22H19Cl3N4O3S. The van der Waals surface area contributed by atoms with Crippen LogP contribution in [0.1, 0.15) is 29.8 Å². The molecule has 0 radical (unpaired) electrons. The van der Waals surface area contributed by atoms with E-state index in [0.717, 1.165) is 11.3 Å². The van der Waals surface area contributed by atoms with Crippen molar-refractivity contribution in [1.82, 2.24) is 10.2 Å². The molecular weight excluding hydrogens is 507 g/mol. The Morgan fingerprint density at radius 2 is 1.97 bits per heavy atom. The van der Waals surface area contributed by atoms with E-state index in [9.17, 15) is 9.59 Å². The van der Waals surface area contributed by atoms with Crippen LogP contribution in [0.5, 0.6) is 5.75 Å². The van der Waals surface area contributed by atoms with Crippen molar-refractivity contribution in [3.05, 3.63) is 62.0 Å². The molecule has 1 N–H and O–H groups in total. The van der Waals surface area contributed by atoms with E-state index < -0.39 is 12.0 Å². The van der Waals surface area contributed by atoms with E-state index in [2.05, 4.69) is 15.5 Å². The van der Waals surface area contributed by atoms with Gasteiger partial charge in [-0.2, -0.15) is 0 Å². The van der Waals surface area contributed by atoms with Gasteiger partial charge in [-0.25, -0.2) is 0 Å². The lowest BCUT2D eigenvalue weighted by molar-refractivity contribution is -0.122. The van der Waals surface area contributed by atoms with Gasteiger partial charge in [0.15, 0.2) is 6.10 Å². The summed E-state index contributed by atoms with van der Waals surface area (Å²) in [5.41, 5.74) is 1.70. The SMILES string of the molecule is Cc1ccc(N2CC(c3nnc(NC(=O)C(C)Oc4ccc(Cl)cc4Cl)s3)CC2=O)cc1Cl. The Morgan fingerprint density at radius 3 is 2.70 bits per heavy atom. The zero-order chi connectivity index (χ0) is 23.7. The molecule has 2 amide bonds. The second-order valence-electron chi connectivity index (χ2n) is 7.61. The first-order valence-electron chi connectivity index (χ1n) is 10.0. The van der Waals surface area contributed by atoms with E-state index in [4.69, 9.17) is 39.5 Å². The molecule has 0 aliphatic carbocycles. The monoisotopic (exact) mass is 524 g/mol. The number of hydrogen-bond donors (Lipinski definition) is 1. The number of rotatable bonds is 6. The van der Waals surface area contributed by atoms with Crippen LogP contribution in [0.2, 0.25) is 15.1 Å².